The highest BCUT2D eigenvalue weighted by atomic mass is 32.1. The van der Waals surface area contributed by atoms with Gasteiger partial charge in [0.05, 0.1) is 30.4 Å². The van der Waals surface area contributed by atoms with Crippen LogP contribution in [0.15, 0.2) is 46.8 Å². The van der Waals surface area contributed by atoms with Crippen LogP contribution in [0.25, 0.3) is 32.5 Å². The molecule has 0 unspecified atom stereocenters. The monoisotopic (exact) mass is 426 g/mol. The summed E-state index contributed by atoms with van der Waals surface area (Å²) in [6, 6.07) is 6.55. The number of hydrogen-bond donors (Lipinski definition) is 2. The van der Waals surface area contributed by atoms with E-state index in [0.29, 0.717) is 22.9 Å². The second-order valence-corrected chi connectivity index (χ2v) is 7.65. The molecule has 4 heterocycles. The molecule has 0 amide bonds. The normalized spacial score (nSPS) is 13.6. The molecule has 156 valence electrons. The van der Waals surface area contributed by atoms with Gasteiger partial charge >= 0.3 is 0 Å². The van der Waals surface area contributed by atoms with E-state index in [9.17, 15) is 9.18 Å². The molecule has 0 atom stereocenters. The Bertz CT molecular complexity index is 1240. The van der Waals surface area contributed by atoms with E-state index in [1.54, 1.807) is 18.3 Å². The van der Waals surface area contributed by atoms with Crippen molar-refractivity contribution in [3.63, 3.8) is 0 Å². The summed E-state index contributed by atoms with van der Waals surface area (Å²) in [6.45, 7) is 5.75. The largest absolute Gasteiger partial charge is 0.496 e. The van der Waals surface area contributed by atoms with Crippen LogP contribution in [0, 0.1) is 5.82 Å². The predicted molar refractivity (Wildman–Crippen MR) is 119 cm³/mol. The number of H-pyrrole nitrogens is 1. The molecule has 4 aromatic rings. The Morgan fingerprint density at radius 2 is 2.07 bits per heavy atom. The summed E-state index contributed by atoms with van der Waals surface area (Å²) in [4.78, 5) is 15.7. The molecule has 2 N–H and O–H groups in total. The van der Waals surface area contributed by atoms with E-state index >= 15 is 0 Å². The average molecular weight is 427 g/mol. The maximum absolute atomic E-state index is 13.8. The molecule has 1 aliphatic rings. The lowest BCUT2D eigenvalue weighted by molar-refractivity contribution is 0.318. The number of aromatic amines is 1. The molecule has 30 heavy (non-hydrogen) atoms. The third kappa shape index (κ3) is 3.42. The zero-order valence-electron chi connectivity index (χ0n) is 17.0. The molecule has 0 bridgehead atoms. The lowest BCUT2D eigenvalue weighted by Crippen LogP contribution is -2.43. The summed E-state index contributed by atoms with van der Waals surface area (Å²) in [5.41, 5.74) is 2.84. The second kappa shape index (κ2) is 8.41. The first-order chi connectivity index (χ1) is 14.7. The number of methoxy groups -OCH3 is 1. The highest BCUT2D eigenvalue weighted by Gasteiger charge is 2.23. The number of nitrogens with one attached hydrogen (secondary N) is 2. The van der Waals surface area contributed by atoms with Crippen molar-refractivity contribution in [2.45, 2.75) is 19.9 Å². The topological polar surface area (TPSA) is 71.9 Å². The summed E-state index contributed by atoms with van der Waals surface area (Å²) in [5, 5.41) is 10.2. The van der Waals surface area contributed by atoms with Gasteiger partial charge in [-0.1, -0.05) is 13.8 Å². The van der Waals surface area contributed by atoms with E-state index in [2.05, 4.69) is 15.4 Å². The highest BCUT2D eigenvalue weighted by molar-refractivity contribution is 7.17. The van der Waals surface area contributed by atoms with Gasteiger partial charge < -0.3 is 15.0 Å². The van der Waals surface area contributed by atoms with Gasteiger partial charge in [0.2, 0.25) is 0 Å². The number of thiophene rings is 1. The van der Waals surface area contributed by atoms with E-state index < -0.39 is 0 Å². The summed E-state index contributed by atoms with van der Waals surface area (Å²) < 4.78 is 22.0. The fourth-order valence-electron chi connectivity index (χ4n) is 3.51. The van der Waals surface area contributed by atoms with Gasteiger partial charge in [-0.05, 0) is 23.6 Å². The van der Waals surface area contributed by atoms with Crippen LogP contribution in [0.4, 0.5) is 4.39 Å². The fraction of sp³-hybridized carbons (Fsp3) is 0.273. The van der Waals surface area contributed by atoms with Crippen LogP contribution in [-0.4, -0.2) is 35.0 Å². The zero-order valence-corrected chi connectivity index (χ0v) is 17.8. The highest BCUT2D eigenvalue weighted by Crippen LogP contribution is 2.42. The molecule has 8 heteroatoms. The molecule has 0 spiro atoms. The Hall–Kier alpha value is -2.97. The van der Waals surface area contributed by atoms with Crippen LogP contribution in [0.5, 0.6) is 5.75 Å². The molecular weight excluding hydrogens is 403 g/mol. The van der Waals surface area contributed by atoms with Crippen molar-refractivity contribution in [2.75, 3.05) is 20.2 Å². The van der Waals surface area contributed by atoms with E-state index in [1.165, 1.54) is 30.6 Å². The van der Waals surface area contributed by atoms with Gasteiger partial charge in [-0.25, -0.2) is 4.39 Å². The number of pyridine rings is 1. The zero-order chi connectivity index (χ0) is 21.3. The number of benzene rings is 1. The first-order valence-corrected chi connectivity index (χ1v) is 10.8. The van der Waals surface area contributed by atoms with Crippen molar-refractivity contribution >= 4 is 21.4 Å². The lowest BCUT2D eigenvalue weighted by Gasteiger charge is -2.27. The Morgan fingerprint density at radius 1 is 1.27 bits per heavy atom. The molecule has 0 aliphatic carbocycles. The van der Waals surface area contributed by atoms with Gasteiger partial charge in [0, 0.05) is 46.7 Å². The van der Waals surface area contributed by atoms with E-state index in [1.807, 2.05) is 30.1 Å². The van der Waals surface area contributed by atoms with E-state index in [4.69, 9.17) is 4.74 Å². The van der Waals surface area contributed by atoms with Crippen molar-refractivity contribution in [1.29, 1.82) is 0 Å². The SMILES string of the molecule is CC.COc1cc(F)ccc1-c1c(-c2cnn(C3CNC3)c2)[nH]c(=O)c2ccsc12. The summed E-state index contributed by atoms with van der Waals surface area (Å²) in [7, 11) is 1.51. The first kappa shape index (κ1) is 20.3. The number of ether oxygens (including phenoxy) is 1. The number of aromatic nitrogens is 3. The Morgan fingerprint density at radius 3 is 2.77 bits per heavy atom. The van der Waals surface area contributed by atoms with Gasteiger partial charge in [0.25, 0.3) is 5.56 Å². The molecule has 1 saturated heterocycles. The maximum Gasteiger partial charge on any atom is 0.257 e. The summed E-state index contributed by atoms with van der Waals surface area (Å²) in [6.07, 6.45) is 3.69. The van der Waals surface area contributed by atoms with Crippen molar-refractivity contribution < 1.29 is 9.13 Å². The molecule has 1 aromatic carbocycles. The number of fused-ring (bicyclic) bond motifs is 1. The van der Waals surface area contributed by atoms with Crippen LogP contribution < -0.4 is 15.6 Å². The van der Waals surface area contributed by atoms with Crippen LogP contribution in [0.2, 0.25) is 0 Å². The molecule has 1 aliphatic heterocycles. The van der Waals surface area contributed by atoms with Crippen molar-refractivity contribution in [1.82, 2.24) is 20.1 Å². The van der Waals surface area contributed by atoms with Crippen LogP contribution in [0.1, 0.15) is 19.9 Å². The van der Waals surface area contributed by atoms with Crippen molar-refractivity contribution in [3.8, 4) is 28.1 Å². The smallest absolute Gasteiger partial charge is 0.257 e. The fourth-order valence-corrected chi connectivity index (χ4v) is 4.47. The summed E-state index contributed by atoms with van der Waals surface area (Å²) in [5.74, 6) is 0.0397. The van der Waals surface area contributed by atoms with E-state index in [0.717, 1.165) is 34.5 Å². The minimum atomic E-state index is -0.376. The predicted octanol–water partition coefficient (Wildman–Crippen LogP) is 4.44. The van der Waals surface area contributed by atoms with Crippen LogP contribution >= 0.6 is 11.3 Å². The van der Waals surface area contributed by atoms with Crippen LogP contribution in [-0.2, 0) is 0 Å². The third-order valence-electron chi connectivity index (χ3n) is 5.08. The number of hydrogen-bond acceptors (Lipinski definition) is 5. The van der Waals surface area contributed by atoms with Crippen LogP contribution in [0.3, 0.4) is 0 Å². The molecule has 3 aromatic heterocycles. The molecule has 0 radical (unpaired) electrons. The molecule has 1 fully saturated rings. The lowest BCUT2D eigenvalue weighted by atomic mass is 9.99. The van der Waals surface area contributed by atoms with Gasteiger partial charge in [0.1, 0.15) is 11.6 Å². The quantitative estimate of drug-likeness (QED) is 0.506. The average Bonchev–Trinajstić information content (AvgIpc) is 3.39. The number of rotatable bonds is 4. The Balaban J connectivity index is 0.00000106. The minimum Gasteiger partial charge on any atom is -0.496 e. The molecular formula is C22H23FN4O2S. The molecule has 0 saturated carbocycles. The minimum absolute atomic E-state index is 0.158. The molecule has 6 nitrogen and oxygen atoms in total. The number of nitrogens with zero attached hydrogens (tertiary/aromatic N) is 2. The van der Waals surface area contributed by atoms with Gasteiger partial charge in [-0.3, -0.25) is 9.48 Å². The van der Waals surface area contributed by atoms with Gasteiger partial charge in [-0.2, -0.15) is 5.10 Å². The Labute approximate surface area is 177 Å². The van der Waals surface area contributed by atoms with Gasteiger partial charge in [-0.15, -0.1) is 11.3 Å². The summed E-state index contributed by atoms with van der Waals surface area (Å²) >= 11 is 1.48. The second-order valence-electron chi connectivity index (χ2n) is 6.73. The first-order valence-electron chi connectivity index (χ1n) is 9.88. The van der Waals surface area contributed by atoms with E-state index in [-0.39, 0.29) is 11.4 Å². The Kier molecular flexibility index (Phi) is 5.69. The molecule has 5 rings (SSSR count). The van der Waals surface area contributed by atoms with Crippen molar-refractivity contribution in [3.05, 3.63) is 58.2 Å². The standard InChI is InChI=1S/C20H17FN4O2S.C2H6/c1-27-16-6-12(21)2-3-14(16)17-18(24-20(26)15-4-5-28-19(15)17)11-7-23-25(10-11)13-8-22-9-13;1-2/h2-7,10,13,22H,8-9H2,1H3,(H,24,26);1-2H3. The third-order valence-corrected chi connectivity index (χ3v) is 6.01. The number of halogens is 1. The van der Waals surface area contributed by atoms with Gasteiger partial charge in [0.15, 0.2) is 0 Å². The van der Waals surface area contributed by atoms with Crippen molar-refractivity contribution in [2.24, 2.45) is 0 Å². The maximum atomic E-state index is 13.8.